The molecule has 0 saturated heterocycles. The molecular formula is C21H31NO4. The van der Waals surface area contributed by atoms with E-state index in [1.165, 1.54) is 6.42 Å². The van der Waals surface area contributed by atoms with E-state index in [1.807, 2.05) is 31.1 Å². The summed E-state index contributed by atoms with van der Waals surface area (Å²) in [4.78, 5) is 26.2. The van der Waals surface area contributed by atoms with Gasteiger partial charge in [0.2, 0.25) is 0 Å². The second-order valence-corrected chi connectivity index (χ2v) is 7.87. The minimum Gasteiger partial charge on any atom is -0.460 e. The van der Waals surface area contributed by atoms with Crippen molar-refractivity contribution in [1.29, 1.82) is 0 Å². The number of rotatable bonds is 6. The number of hydrogen-bond donors (Lipinski definition) is 0. The first-order valence-corrected chi connectivity index (χ1v) is 9.42. The summed E-state index contributed by atoms with van der Waals surface area (Å²) in [5.74, 6) is 0.431. The maximum Gasteiger partial charge on any atom is 0.344 e. The molecule has 0 N–H and O–H groups in total. The summed E-state index contributed by atoms with van der Waals surface area (Å²) in [7, 11) is 3.86. The molecule has 0 bridgehead atoms. The fourth-order valence-electron chi connectivity index (χ4n) is 3.56. The third-order valence-corrected chi connectivity index (χ3v) is 5.18. The van der Waals surface area contributed by atoms with Gasteiger partial charge in [-0.15, -0.1) is 0 Å². The van der Waals surface area contributed by atoms with Crippen molar-refractivity contribution in [2.45, 2.75) is 46.1 Å². The topological polar surface area (TPSA) is 55.8 Å². The summed E-state index contributed by atoms with van der Waals surface area (Å²) in [5.41, 5.74) is 1.42. The lowest BCUT2D eigenvalue weighted by Gasteiger charge is -2.36. The van der Waals surface area contributed by atoms with Crippen molar-refractivity contribution >= 4 is 17.6 Å². The summed E-state index contributed by atoms with van der Waals surface area (Å²) < 4.78 is 10.8. The Morgan fingerprint density at radius 3 is 2.38 bits per heavy atom. The highest BCUT2D eigenvalue weighted by atomic mass is 16.6. The molecular weight excluding hydrogens is 330 g/mol. The predicted molar refractivity (Wildman–Crippen MR) is 102 cm³/mol. The van der Waals surface area contributed by atoms with Crippen LogP contribution in [-0.2, 0) is 14.3 Å². The van der Waals surface area contributed by atoms with E-state index < -0.39 is 11.9 Å². The molecule has 5 nitrogen and oxygen atoms in total. The number of carbonyl (C=O) groups excluding carboxylic acids is 2. The minimum atomic E-state index is -0.510. The Morgan fingerprint density at radius 1 is 1.15 bits per heavy atom. The lowest BCUT2D eigenvalue weighted by molar-refractivity contribution is -0.159. The zero-order chi connectivity index (χ0) is 19.3. The number of benzene rings is 1. The molecule has 0 amide bonds. The highest BCUT2D eigenvalue weighted by Gasteiger charge is 2.33. The first-order chi connectivity index (χ1) is 12.3. The molecule has 0 aliphatic heterocycles. The van der Waals surface area contributed by atoms with Crippen molar-refractivity contribution in [2.75, 3.05) is 25.6 Å². The lowest BCUT2D eigenvalue weighted by Crippen LogP contribution is -2.36. The molecule has 0 aromatic heterocycles. The van der Waals surface area contributed by atoms with Crippen molar-refractivity contribution in [1.82, 2.24) is 0 Å². The van der Waals surface area contributed by atoms with Crippen molar-refractivity contribution < 1.29 is 19.1 Å². The number of ether oxygens (including phenoxy) is 2. The number of carbonyl (C=O) groups is 2. The standard InChI is InChI=1S/C21H31NO4/c1-14(2)18-11-6-15(3)12-19(18)26-20(23)13-25-21(24)16-7-9-17(10-8-16)22(4)5/h7-10,14-15,18-19H,6,11-13H2,1-5H3/t15-,18-,19-/m1/s1. The van der Waals surface area contributed by atoms with Crippen LogP contribution in [0.25, 0.3) is 0 Å². The second kappa shape index (κ2) is 9.06. The van der Waals surface area contributed by atoms with Gasteiger partial charge >= 0.3 is 11.9 Å². The highest BCUT2D eigenvalue weighted by molar-refractivity contribution is 5.91. The Morgan fingerprint density at radius 2 is 1.81 bits per heavy atom. The molecule has 2 rings (SSSR count). The van der Waals surface area contributed by atoms with Crippen molar-refractivity contribution in [2.24, 2.45) is 17.8 Å². The molecule has 1 aliphatic carbocycles. The summed E-state index contributed by atoms with van der Waals surface area (Å²) in [5, 5.41) is 0. The minimum absolute atomic E-state index is 0.0793. The molecule has 5 heteroatoms. The lowest BCUT2D eigenvalue weighted by atomic mass is 9.75. The maximum absolute atomic E-state index is 12.2. The van der Waals surface area contributed by atoms with Gasteiger partial charge in [0, 0.05) is 19.8 Å². The molecule has 0 spiro atoms. The van der Waals surface area contributed by atoms with Gasteiger partial charge in [-0.3, -0.25) is 0 Å². The summed E-state index contributed by atoms with van der Waals surface area (Å²) in [6, 6.07) is 7.07. The number of nitrogens with zero attached hydrogens (tertiary/aromatic N) is 1. The van der Waals surface area contributed by atoms with Crippen LogP contribution in [-0.4, -0.2) is 38.7 Å². The smallest absolute Gasteiger partial charge is 0.344 e. The van der Waals surface area contributed by atoms with Crippen LogP contribution < -0.4 is 4.90 Å². The molecule has 144 valence electrons. The van der Waals surface area contributed by atoms with Crippen molar-refractivity contribution in [3.63, 3.8) is 0 Å². The Bertz CT molecular complexity index is 609. The molecule has 1 aromatic carbocycles. The average Bonchev–Trinajstić information content (AvgIpc) is 2.59. The van der Waals surface area contributed by atoms with Crippen LogP contribution in [0.3, 0.4) is 0 Å². The summed E-state index contributed by atoms with van der Waals surface area (Å²) in [6.45, 7) is 6.18. The van der Waals surface area contributed by atoms with Crippen LogP contribution in [0.4, 0.5) is 5.69 Å². The number of hydrogen-bond acceptors (Lipinski definition) is 5. The Hall–Kier alpha value is -2.04. The summed E-state index contributed by atoms with van der Waals surface area (Å²) in [6.07, 6.45) is 3.06. The quantitative estimate of drug-likeness (QED) is 0.719. The van der Waals surface area contributed by atoms with Gasteiger partial charge in [-0.25, -0.2) is 9.59 Å². The monoisotopic (exact) mass is 361 g/mol. The van der Waals surface area contributed by atoms with Crippen LogP contribution in [0.15, 0.2) is 24.3 Å². The van der Waals surface area contributed by atoms with Crippen molar-refractivity contribution in [3.05, 3.63) is 29.8 Å². The van der Waals surface area contributed by atoms with Crippen LogP contribution in [0.1, 0.15) is 50.4 Å². The van der Waals surface area contributed by atoms with E-state index in [4.69, 9.17) is 9.47 Å². The predicted octanol–water partition coefficient (Wildman–Crippen LogP) is 3.91. The van der Waals surface area contributed by atoms with E-state index in [9.17, 15) is 9.59 Å². The summed E-state index contributed by atoms with van der Waals surface area (Å²) >= 11 is 0. The zero-order valence-corrected chi connectivity index (χ0v) is 16.5. The van der Waals surface area contributed by atoms with Gasteiger partial charge in [0.25, 0.3) is 0 Å². The van der Waals surface area contributed by atoms with Gasteiger partial charge in [-0.05, 0) is 54.9 Å². The first kappa shape index (κ1) is 20.3. The molecule has 0 heterocycles. The van der Waals surface area contributed by atoms with Crippen LogP contribution in [0.2, 0.25) is 0 Å². The van der Waals surface area contributed by atoms with E-state index in [1.54, 1.807) is 12.1 Å². The molecule has 0 unspecified atom stereocenters. The molecule has 3 atom stereocenters. The van der Waals surface area contributed by atoms with Gasteiger partial charge in [-0.2, -0.15) is 0 Å². The third-order valence-electron chi connectivity index (χ3n) is 5.18. The fourth-order valence-corrected chi connectivity index (χ4v) is 3.56. The second-order valence-electron chi connectivity index (χ2n) is 7.87. The Labute approximate surface area is 156 Å². The number of esters is 2. The van der Waals surface area contributed by atoms with Gasteiger partial charge in [0.05, 0.1) is 5.56 Å². The van der Waals surface area contributed by atoms with Crippen molar-refractivity contribution in [3.8, 4) is 0 Å². The largest absolute Gasteiger partial charge is 0.460 e. The van der Waals surface area contributed by atoms with E-state index >= 15 is 0 Å². The molecule has 0 radical (unpaired) electrons. The van der Waals surface area contributed by atoms with Crippen LogP contribution in [0, 0.1) is 17.8 Å². The van der Waals surface area contributed by atoms with Crippen LogP contribution in [0.5, 0.6) is 0 Å². The molecule has 1 aliphatic rings. The molecule has 1 aromatic rings. The maximum atomic E-state index is 12.2. The average molecular weight is 361 g/mol. The Kier molecular flexibility index (Phi) is 7.06. The van der Waals surface area contributed by atoms with Gasteiger partial charge in [0.1, 0.15) is 6.10 Å². The molecule has 1 fully saturated rings. The third kappa shape index (κ3) is 5.48. The number of anilines is 1. The van der Waals surface area contributed by atoms with E-state index in [0.29, 0.717) is 23.3 Å². The van der Waals surface area contributed by atoms with Crippen LogP contribution >= 0.6 is 0 Å². The Balaban J connectivity index is 1.86. The highest BCUT2D eigenvalue weighted by Crippen LogP contribution is 2.35. The van der Waals surface area contributed by atoms with E-state index in [-0.39, 0.29) is 12.7 Å². The zero-order valence-electron chi connectivity index (χ0n) is 16.5. The SMILES string of the molecule is CC(C)[C@H]1CC[C@@H](C)C[C@H]1OC(=O)COC(=O)c1ccc(N(C)C)cc1. The van der Waals surface area contributed by atoms with Gasteiger partial charge < -0.3 is 14.4 Å². The van der Waals surface area contributed by atoms with E-state index in [2.05, 4.69) is 20.8 Å². The fraction of sp³-hybridized carbons (Fsp3) is 0.619. The first-order valence-electron chi connectivity index (χ1n) is 9.42. The molecule has 1 saturated carbocycles. The molecule has 26 heavy (non-hydrogen) atoms. The van der Waals surface area contributed by atoms with Gasteiger partial charge in [0.15, 0.2) is 6.61 Å². The van der Waals surface area contributed by atoms with E-state index in [0.717, 1.165) is 18.5 Å². The normalized spacial score (nSPS) is 22.8. The van der Waals surface area contributed by atoms with Gasteiger partial charge in [-0.1, -0.05) is 27.2 Å².